The molecule has 2 atom stereocenters. The van der Waals surface area contributed by atoms with Crippen LogP contribution in [0.1, 0.15) is 35.5 Å². The predicted molar refractivity (Wildman–Crippen MR) is 57.5 cm³/mol. The molecule has 1 aliphatic rings. The third-order valence-corrected chi connectivity index (χ3v) is 3.09. The number of aromatic nitrogens is 1. The Morgan fingerprint density at radius 2 is 2.31 bits per heavy atom. The number of benzene rings is 1. The van der Waals surface area contributed by atoms with Gasteiger partial charge in [0.2, 0.25) is 0 Å². The van der Waals surface area contributed by atoms with Gasteiger partial charge < -0.3 is 9.52 Å². The largest absolute Gasteiger partial charge is 0.478 e. The maximum Gasteiger partial charge on any atom is 0.338 e. The molecule has 0 radical (unpaired) electrons. The van der Waals surface area contributed by atoms with E-state index in [0.29, 0.717) is 28.8 Å². The number of para-hydroxylation sites is 1. The quantitative estimate of drug-likeness (QED) is 0.839. The van der Waals surface area contributed by atoms with Gasteiger partial charge in [-0.25, -0.2) is 9.78 Å². The van der Waals surface area contributed by atoms with Crippen molar-refractivity contribution in [3.63, 3.8) is 0 Å². The highest BCUT2D eigenvalue weighted by Gasteiger charge is 2.38. The molecule has 1 N–H and O–H groups in total. The van der Waals surface area contributed by atoms with Gasteiger partial charge in [0.15, 0.2) is 11.5 Å². The van der Waals surface area contributed by atoms with Crippen molar-refractivity contribution in [1.82, 2.24) is 4.98 Å². The van der Waals surface area contributed by atoms with Crippen molar-refractivity contribution in [3.8, 4) is 0 Å². The summed E-state index contributed by atoms with van der Waals surface area (Å²) >= 11 is 0. The van der Waals surface area contributed by atoms with E-state index in [-0.39, 0.29) is 5.56 Å². The van der Waals surface area contributed by atoms with E-state index in [0.717, 1.165) is 6.42 Å². The van der Waals surface area contributed by atoms with Crippen molar-refractivity contribution in [2.45, 2.75) is 19.3 Å². The minimum atomic E-state index is -0.964. The molecule has 0 spiro atoms. The lowest BCUT2D eigenvalue weighted by atomic mass is 10.2. The zero-order valence-corrected chi connectivity index (χ0v) is 8.80. The first-order valence-corrected chi connectivity index (χ1v) is 5.29. The van der Waals surface area contributed by atoms with Crippen LogP contribution < -0.4 is 0 Å². The molecule has 0 saturated heterocycles. The third-order valence-electron chi connectivity index (χ3n) is 3.09. The fraction of sp³-hybridized carbons (Fsp3) is 0.333. The lowest BCUT2D eigenvalue weighted by molar-refractivity contribution is 0.0699. The zero-order valence-electron chi connectivity index (χ0n) is 8.80. The number of carbonyl (C=O) groups is 1. The molecule has 1 aliphatic carbocycles. The average Bonchev–Trinajstić information content (AvgIpc) is 2.82. The molecule has 82 valence electrons. The van der Waals surface area contributed by atoms with Gasteiger partial charge in [-0.15, -0.1) is 0 Å². The van der Waals surface area contributed by atoms with Gasteiger partial charge in [0.25, 0.3) is 0 Å². The summed E-state index contributed by atoms with van der Waals surface area (Å²) in [7, 11) is 0. The minimum Gasteiger partial charge on any atom is -0.478 e. The number of rotatable bonds is 2. The van der Waals surface area contributed by atoms with Crippen molar-refractivity contribution in [2.24, 2.45) is 5.92 Å². The van der Waals surface area contributed by atoms with Gasteiger partial charge >= 0.3 is 5.97 Å². The first kappa shape index (κ1) is 9.39. The van der Waals surface area contributed by atoms with Crippen LogP contribution in [0.4, 0.5) is 0 Å². The second kappa shape index (κ2) is 3.07. The van der Waals surface area contributed by atoms with Gasteiger partial charge in [-0.05, 0) is 24.5 Å². The van der Waals surface area contributed by atoms with Crippen molar-refractivity contribution in [2.75, 3.05) is 0 Å². The van der Waals surface area contributed by atoms with Crippen LogP contribution >= 0.6 is 0 Å². The molecule has 3 rings (SSSR count). The molecule has 1 aromatic heterocycles. The molecular weight excluding hydrogens is 206 g/mol. The number of oxazole rings is 1. The Kier molecular flexibility index (Phi) is 1.80. The molecule has 2 aromatic rings. The highest BCUT2D eigenvalue weighted by molar-refractivity contribution is 6.00. The van der Waals surface area contributed by atoms with Gasteiger partial charge in [-0.3, -0.25) is 0 Å². The Morgan fingerprint density at radius 3 is 2.94 bits per heavy atom. The zero-order chi connectivity index (χ0) is 11.3. The maximum absolute atomic E-state index is 11.0. The third kappa shape index (κ3) is 1.30. The summed E-state index contributed by atoms with van der Waals surface area (Å²) in [6.45, 7) is 2.14. The first-order valence-electron chi connectivity index (χ1n) is 5.29. The molecule has 4 heteroatoms. The van der Waals surface area contributed by atoms with E-state index < -0.39 is 5.97 Å². The summed E-state index contributed by atoms with van der Waals surface area (Å²) in [5.41, 5.74) is 1.24. The summed E-state index contributed by atoms with van der Waals surface area (Å²) in [6, 6.07) is 4.98. The second-order valence-electron chi connectivity index (χ2n) is 4.33. The molecule has 1 heterocycles. The van der Waals surface area contributed by atoms with E-state index in [4.69, 9.17) is 9.52 Å². The maximum atomic E-state index is 11.0. The monoisotopic (exact) mass is 217 g/mol. The molecule has 0 amide bonds. The van der Waals surface area contributed by atoms with Crippen LogP contribution in [0.5, 0.6) is 0 Å². The Hall–Kier alpha value is -1.84. The number of carboxylic acid groups (broad SMARTS) is 1. The number of aromatic carboxylic acids is 1. The van der Waals surface area contributed by atoms with Gasteiger partial charge in [0.1, 0.15) is 5.52 Å². The van der Waals surface area contributed by atoms with Crippen LogP contribution in [-0.4, -0.2) is 16.1 Å². The van der Waals surface area contributed by atoms with E-state index in [1.165, 1.54) is 0 Å². The number of carboxylic acids is 1. The first-order chi connectivity index (χ1) is 7.66. The van der Waals surface area contributed by atoms with E-state index >= 15 is 0 Å². The summed E-state index contributed by atoms with van der Waals surface area (Å²) in [5.74, 6) is 0.681. The standard InChI is InChI=1S/C12H11NO3/c1-6-5-8(6)11-13-10-7(12(14)15)3-2-4-9(10)16-11/h2-4,6,8H,5H2,1H3,(H,14,15). The smallest absolute Gasteiger partial charge is 0.338 e. The van der Waals surface area contributed by atoms with E-state index in [2.05, 4.69) is 11.9 Å². The summed E-state index contributed by atoms with van der Waals surface area (Å²) in [4.78, 5) is 15.3. The van der Waals surface area contributed by atoms with Crippen LogP contribution in [0.25, 0.3) is 11.1 Å². The highest BCUT2D eigenvalue weighted by atomic mass is 16.4. The Balaban J connectivity index is 2.16. The minimum absolute atomic E-state index is 0.209. The molecule has 1 aromatic carbocycles. The fourth-order valence-electron chi connectivity index (χ4n) is 1.96. The molecule has 0 bridgehead atoms. The second-order valence-corrected chi connectivity index (χ2v) is 4.33. The molecule has 1 fully saturated rings. The number of fused-ring (bicyclic) bond motifs is 1. The highest BCUT2D eigenvalue weighted by Crippen LogP contribution is 2.47. The Labute approximate surface area is 91.9 Å². The van der Waals surface area contributed by atoms with Crippen LogP contribution in [0.15, 0.2) is 22.6 Å². The van der Waals surface area contributed by atoms with Crippen LogP contribution in [-0.2, 0) is 0 Å². The molecule has 4 nitrogen and oxygen atoms in total. The summed E-state index contributed by atoms with van der Waals surface area (Å²) in [6.07, 6.45) is 1.08. The van der Waals surface area contributed by atoms with E-state index in [1.54, 1.807) is 18.2 Å². The molecule has 2 unspecified atom stereocenters. The van der Waals surface area contributed by atoms with Crippen molar-refractivity contribution < 1.29 is 14.3 Å². The van der Waals surface area contributed by atoms with Crippen molar-refractivity contribution in [3.05, 3.63) is 29.7 Å². The average molecular weight is 217 g/mol. The van der Waals surface area contributed by atoms with Crippen molar-refractivity contribution in [1.29, 1.82) is 0 Å². The fourth-order valence-corrected chi connectivity index (χ4v) is 1.96. The van der Waals surface area contributed by atoms with E-state index in [1.807, 2.05) is 0 Å². The Morgan fingerprint density at radius 1 is 1.56 bits per heavy atom. The lowest BCUT2D eigenvalue weighted by Crippen LogP contribution is -1.96. The van der Waals surface area contributed by atoms with Gasteiger partial charge in [0.05, 0.1) is 5.56 Å². The molecule has 0 aliphatic heterocycles. The molecular formula is C12H11NO3. The molecule has 16 heavy (non-hydrogen) atoms. The van der Waals surface area contributed by atoms with Crippen LogP contribution in [0, 0.1) is 5.92 Å². The Bertz CT molecular complexity index is 573. The van der Waals surface area contributed by atoms with Gasteiger partial charge in [0, 0.05) is 5.92 Å². The van der Waals surface area contributed by atoms with Gasteiger partial charge in [-0.2, -0.15) is 0 Å². The predicted octanol–water partition coefficient (Wildman–Crippen LogP) is 2.65. The number of hydrogen-bond acceptors (Lipinski definition) is 3. The van der Waals surface area contributed by atoms with Crippen LogP contribution in [0.2, 0.25) is 0 Å². The lowest BCUT2D eigenvalue weighted by Gasteiger charge is -1.92. The molecule has 1 saturated carbocycles. The number of nitrogens with zero attached hydrogens (tertiary/aromatic N) is 1. The normalized spacial score (nSPS) is 23.6. The topological polar surface area (TPSA) is 63.3 Å². The summed E-state index contributed by atoms with van der Waals surface area (Å²) in [5, 5.41) is 9.02. The number of hydrogen-bond donors (Lipinski definition) is 1. The van der Waals surface area contributed by atoms with Gasteiger partial charge in [-0.1, -0.05) is 13.0 Å². The van der Waals surface area contributed by atoms with Crippen molar-refractivity contribution >= 4 is 17.1 Å². The van der Waals surface area contributed by atoms with Crippen LogP contribution in [0.3, 0.4) is 0 Å². The SMILES string of the molecule is CC1CC1c1nc2c(C(=O)O)cccc2o1. The van der Waals surface area contributed by atoms with E-state index in [9.17, 15) is 4.79 Å². The summed E-state index contributed by atoms with van der Waals surface area (Å²) < 4.78 is 5.58.